The lowest BCUT2D eigenvalue weighted by molar-refractivity contribution is 0.0945. The van der Waals surface area contributed by atoms with Crippen LogP contribution in [0.2, 0.25) is 0 Å². The predicted octanol–water partition coefficient (Wildman–Crippen LogP) is 2.74. The molecule has 0 bridgehead atoms. The molecule has 144 valence electrons. The summed E-state index contributed by atoms with van der Waals surface area (Å²) in [5.74, 6) is 0.298. The van der Waals surface area contributed by atoms with Crippen LogP contribution in [0.5, 0.6) is 11.5 Å². The van der Waals surface area contributed by atoms with Crippen LogP contribution in [0.15, 0.2) is 48.1 Å². The van der Waals surface area contributed by atoms with Gasteiger partial charge >= 0.3 is 0 Å². The first-order chi connectivity index (χ1) is 13.6. The van der Waals surface area contributed by atoms with Gasteiger partial charge < -0.3 is 14.8 Å². The molecule has 2 heterocycles. The molecule has 0 fully saturated rings. The number of methoxy groups -OCH3 is 2. The average molecular weight is 398 g/mol. The van der Waals surface area contributed by atoms with Crippen LogP contribution in [0, 0.1) is 0 Å². The second-order valence-electron chi connectivity index (χ2n) is 5.63. The molecule has 8 nitrogen and oxygen atoms in total. The van der Waals surface area contributed by atoms with E-state index in [4.69, 9.17) is 9.47 Å². The number of thiazole rings is 1. The van der Waals surface area contributed by atoms with Crippen molar-refractivity contribution < 1.29 is 19.1 Å². The normalized spacial score (nSPS) is 10.2. The Morgan fingerprint density at radius 3 is 2.36 bits per heavy atom. The maximum absolute atomic E-state index is 12.5. The Bertz CT molecular complexity index is 953. The lowest BCUT2D eigenvalue weighted by atomic mass is 10.2. The molecule has 0 saturated carbocycles. The summed E-state index contributed by atoms with van der Waals surface area (Å²) >= 11 is 1.17. The van der Waals surface area contributed by atoms with Gasteiger partial charge in [0.25, 0.3) is 11.8 Å². The highest BCUT2D eigenvalue weighted by Gasteiger charge is 2.15. The van der Waals surface area contributed by atoms with Gasteiger partial charge in [-0.1, -0.05) is 0 Å². The third kappa shape index (κ3) is 4.83. The van der Waals surface area contributed by atoms with E-state index in [0.29, 0.717) is 28.7 Å². The van der Waals surface area contributed by atoms with Crippen molar-refractivity contribution in [3.05, 3.63) is 64.9 Å². The highest BCUT2D eigenvalue weighted by molar-refractivity contribution is 7.14. The van der Waals surface area contributed by atoms with Gasteiger partial charge in [0.1, 0.15) is 17.2 Å². The van der Waals surface area contributed by atoms with Gasteiger partial charge in [-0.15, -0.1) is 11.3 Å². The zero-order valence-electron chi connectivity index (χ0n) is 15.3. The summed E-state index contributed by atoms with van der Waals surface area (Å²) in [5.41, 5.74) is 1.52. The minimum absolute atomic E-state index is 0.234. The highest BCUT2D eigenvalue weighted by Crippen LogP contribution is 2.24. The van der Waals surface area contributed by atoms with Crippen molar-refractivity contribution in [2.75, 3.05) is 19.5 Å². The second-order valence-corrected chi connectivity index (χ2v) is 6.49. The van der Waals surface area contributed by atoms with Gasteiger partial charge in [0.05, 0.1) is 14.2 Å². The molecule has 0 aliphatic carbocycles. The van der Waals surface area contributed by atoms with E-state index in [-0.39, 0.29) is 17.5 Å². The van der Waals surface area contributed by atoms with Crippen molar-refractivity contribution in [1.29, 1.82) is 0 Å². The number of hydrogen-bond donors (Lipinski definition) is 2. The van der Waals surface area contributed by atoms with Gasteiger partial charge in [0.15, 0.2) is 5.13 Å². The van der Waals surface area contributed by atoms with E-state index in [1.807, 2.05) is 12.1 Å². The zero-order valence-corrected chi connectivity index (χ0v) is 16.1. The standard InChI is InChI=1S/C19H18N4O4S/c1-26-14-7-13(8-15(9-14)27-2)17(24)23-19-22-16(11-28-19)18(25)21-10-12-3-5-20-6-4-12/h3-9,11H,10H2,1-2H3,(H,21,25)(H,22,23,24). The van der Waals surface area contributed by atoms with E-state index < -0.39 is 0 Å². The molecule has 0 aliphatic rings. The van der Waals surface area contributed by atoms with Crippen LogP contribution in [0.25, 0.3) is 0 Å². The first-order valence-electron chi connectivity index (χ1n) is 8.26. The molecule has 3 rings (SSSR count). The van der Waals surface area contributed by atoms with Crippen molar-refractivity contribution in [2.45, 2.75) is 6.54 Å². The van der Waals surface area contributed by atoms with E-state index in [1.54, 1.807) is 36.0 Å². The van der Waals surface area contributed by atoms with Gasteiger partial charge in [0.2, 0.25) is 0 Å². The van der Waals surface area contributed by atoms with E-state index >= 15 is 0 Å². The molecule has 2 amide bonds. The quantitative estimate of drug-likeness (QED) is 0.634. The maximum Gasteiger partial charge on any atom is 0.271 e. The summed E-state index contributed by atoms with van der Waals surface area (Å²) in [6, 6.07) is 8.48. The van der Waals surface area contributed by atoms with Crippen LogP contribution in [-0.4, -0.2) is 36.0 Å². The zero-order chi connectivity index (χ0) is 19.9. The summed E-state index contributed by atoms with van der Waals surface area (Å²) in [5, 5.41) is 7.36. The monoisotopic (exact) mass is 398 g/mol. The number of amides is 2. The average Bonchev–Trinajstić information content (AvgIpc) is 3.20. The number of rotatable bonds is 7. The number of nitrogens with one attached hydrogen (secondary N) is 2. The van der Waals surface area contributed by atoms with Crippen LogP contribution >= 0.6 is 11.3 Å². The fourth-order valence-corrected chi connectivity index (χ4v) is 3.00. The van der Waals surface area contributed by atoms with Crippen LogP contribution in [-0.2, 0) is 6.54 Å². The van der Waals surface area contributed by atoms with Crippen LogP contribution in [0.4, 0.5) is 5.13 Å². The molecule has 2 aromatic heterocycles. The summed E-state index contributed by atoms with van der Waals surface area (Å²) in [7, 11) is 3.02. The largest absolute Gasteiger partial charge is 0.497 e. The Hall–Kier alpha value is -3.46. The first kappa shape index (κ1) is 19.3. The minimum atomic E-state index is -0.379. The molecular formula is C19H18N4O4S. The van der Waals surface area contributed by atoms with Crippen molar-refractivity contribution in [2.24, 2.45) is 0 Å². The van der Waals surface area contributed by atoms with E-state index in [1.165, 1.54) is 25.6 Å². The number of aromatic nitrogens is 2. The number of carbonyl (C=O) groups is 2. The third-order valence-electron chi connectivity index (χ3n) is 3.77. The van der Waals surface area contributed by atoms with Gasteiger partial charge in [-0.2, -0.15) is 0 Å². The van der Waals surface area contributed by atoms with Crippen molar-refractivity contribution in [3.8, 4) is 11.5 Å². The summed E-state index contributed by atoms with van der Waals surface area (Å²) in [6.07, 6.45) is 3.32. The van der Waals surface area contributed by atoms with E-state index in [9.17, 15) is 9.59 Å². The predicted molar refractivity (Wildman–Crippen MR) is 105 cm³/mol. The summed E-state index contributed by atoms with van der Waals surface area (Å²) < 4.78 is 10.3. The Morgan fingerprint density at radius 2 is 1.71 bits per heavy atom. The number of pyridine rings is 1. The van der Waals surface area contributed by atoms with Crippen LogP contribution in [0.3, 0.4) is 0 Å². The Labute approximate surface area is 165 Å². The molecule has 3 aromatic rings. The van der Waals surface area contributed by atoms with Crippen molar-refractivity contribution in [3.63, 3.8) is 0 Å². The van der Waals surface area contributed by atoms with Gasteiger partial charge in [0, 0.05) is 35.9 Å². The molecule has 2 N–H and O–H groups in total. The van der Waals surface area contributed by atoms with Crippen LogP contribution < -0.4 is 20.1 Å². The van der Waals surface area contributed by atoms with Gasteiger partial charge in [-0.3, -0.25) is 19.9 Å². The Balaban J connectivity index is 1.64. The molecule has 28 heavy (non-hydrogen) atoms. The fraction of sp³-hybridized carbons (Fsp3) is 0.158. The molecule has 0 radical (unpaired) electrons. The van der Waals surface area contributed by atoms with Crippen molar-refractivity contribution in [1.82, 2.24) is 15.3 Å². The summed E-state index contributed by atoms with van der Waals surface area (Å²) in [6.45, 7) is 0.365. The van der Waals surface area contributed by atoms with Gasteiger partial charge in [-0.25, -0.2) is 4.98 Å². The highest BCUT2D eigenvalue weighted by atomic mass is 32.1. The molecule has 0 saturated heterocycles. The number of nitrogens with zero attached hydrogens (tertiary/aromatic N) is 2. The second kappa shape index (κ2) is 8.96. The lowest BCUT2D eigenvalue weighted by Crippen LogP contribution is -2.23. The number of anilines is 1. The molecule has 0 spiro atoms. The topological polar surface area (TPSA) is 102 Å². The molecule has 0 unspecified atom stereocenters. The fourth-order valence-electron chi connectivity index (χ4n) is 2.32. The van der Waals surface area contributed by atoms with E-state index in [2.05, 4.69) is 20.6 Å². The number of carbonyl (C=O) groups excluding carboxylic acids is 2. The smallest absolute Gasteiger partial charge is 0.271 e. The maximum atomic E-state index is 12.5. The molecule has 0 atom stereocenters. The van der Waals surface area contributed by atoms with E-state index in [0.717, 1.165) is 5.56 Å². The molecule has 9 heteroatoms. The first-order valence-corrected chi connectivity index (χ1v) is 9.14. The minimum Gasteiger partial charge on any atom is -0.497 e. The van der Waals surface area contributed by atoms with Gasteiger partial charge in [-0.05, 0) is 29.8 Å². The number of ether oxygens (including phenoxy) is 2. The lowest BCUT2D eigenvalue weighted by Gasteiger charge is -2.08. The Morgan fingerprint density at radius 1 is 1.04 bits per heavy atom. The molecule has 1 aromatic carbocycles. The molecule has 0 aliphatic heterocycles. The number of benzene rings is 1. The van der Waals surface area contributed by atoms with Crippen molar-refractivity contribution >= 4 is 28.3 Å². The SMILES string of the molecule is COc1cc(OC)cc(C(=O)Nc2nc(C(=O)NCc3ccncc3)cs2)c1. The third-order valence-corrected chi connectivity index (χ3v) is 4.53. The summed E-state index contributed by atoms with van der Waals surface area (Å²) in [4.78, 5) is 32.8. The number of hydrogen-bond acceptors (Lipinski definition) is 7. The molecular weight excluding hydrogens is 380 g/mol. The van der Waals surface area contributed by atoms with Crippen LogP contribution in [0.1, 0.15) is 26.4 Å². The Kier molecular flexibility index (Phi) is 6.18.